The summed E-state index contributed by atoms with van der Waals surface area (Å²) in [6.45, 7) is 0. The van der Waals surface area contributed by atoms with Gasteiger partial charge in [-0.1, -0.05) is 32.1 Å². The molecule has 142 valence electrons. The number of carboxylic acid groups (broad SMARTS) is 1. The van der Waals surface area contributed by atoms with Crippen molar-refractivity contribution < 1.29 is 29.1 Å². The lowest BCUT2D eigenvalue weighted by Gasteiger charge is -2.27. The van der Waals surface area contributed by atoms with E-state index in [2.05, 4.69) is 16.0 Å². The molecular formula is C16H24BN3O6. The van der Waals surface area contributed by atoms with E-state index in [1.165, 1.54) is 7.05 Å². The lowest BCUT2D eigenvalue weighted by atomic mass is 9.84. The van der Waals surface area contributed by atoms with Gasteiger partial charge in [-0.3, -0.25) is 19.2 Å². The van der Waals surface area contributed by atoms with Crippen LogP contribution in [0.15, 0.2) is 0 Å². The second-order valence-electron chi connectivity index (χ2n) is 6.41. The third-order valence-corrected chi connectivity index (χ3v) is 4.39. The van der Waals surface area contributed by atoms with Crippen LogP contribution in [0.2, 0.25) is 0 Å². The maximum absolute atomic E-state index is 12.5. The molecule has 0 aromatic heterocycles. The maximum atomic E-state index is 12.5. The number of carboxylic acids is 1. The summed E-state index contributed by atoms with van der Waals surface area (Å²) in [5.74, 6) is -3.72. The number of likely N-dealkylation sites (N-methyl/N-ethyl adjacent to an activating group) is 1. The molecule has 1 aliphatic rings. The van der Waals surface area contributed by atoms with Crippen LogP contribution in [0, 0.1) is 5.92 Å². The molecule has 2 atom stereocenters. The van der Waals surface area contributed by atoms with Gasteiger partial charge in [0.25, 0.3) is 0 Å². The van der Waals surface area contributed by atoms with Gasteiger partial charge in [0.05, 0.1) is 18.1 Å². The highest BCUT2D eigenvalue weighted by molar-refractivity contribution is 6.59. The Morgan fingerprint density at radius 3 is 2.12 bits per heavy atom. The van der Waals surface area contributed by atoms with Crippen molar-refractivity contribution in [3.05, 3.63) is 0 Å². The van der Waals surface area contributed by atoms with Crippen molar-refractivity contribution in [3.8, 4) is 0 Å². The molecule has 0 aliphatic heterocycles. The number of rotatable bonds is 8. The number of amides is 3. The van der Waals surface area contributed by atoms with Crippen molar-refractivity contribution in [1.82, 2.24) is 16.0 Å². The zero-order valence-electron chi connectivity index (χ0n) is 14.7. The zero-order chi connectivity index (χ0) is 19.7. The highest BCUT2D eigenvalue weighted by Gasteiger charge is 2.30. The molecular weight excluding hydrogens is 341 g/mol. The van der Waals surface area contributed by atoms with Crippen molar-refractivity contribution in [1.29, 1.82) is 0 Å². The molecule has 1 aliphatic carbocycles. The Morgan fingerprint density at radius 2 is 1.62 bits per heavy atom. The van der Waals surface area contributed by atoms with E-state index in [1.54, 1.807) is 0 Å². The molecule has 1 fully saturated rings. The molecule has 10 heteroatoms. The van der Waals surface area contributed by atoms with E-state index in [1.807, 2.05) is 0 Å². The third-order valence-electron chi connectivity index (χ3n) is 4.39. The molecule has 2 radical (unpaired) electrons. The van der Waals surface area contributed by atoms with Gasteiger partial charge in [0.15, 0.2) is 7.85 Å². The first-order valence-corrected chi connectivity index (χ1v) is 8.58. The van der Waals surface area contributed by atoms with Gasteiger partial charge in [0.2, 0.25) is 5.91 Å². The minimum Gasteiger partial charge on any atom is -0.481 e. The summed E-state index contributed by atoms with van der Waals surface area (Å²) in [5.41, 5.74) is -0.991. The van der Waals surface area contributed by atoms with E-state index < -0.39 is 47.9 Å². The molecule has 0 saturated heterocycles. The van der Waals surface area contributed by atoms with E-state index in [9.17, 15) is 24.0 Å². The summed E-state index contributed by atoms with van der Waals surface area (Å²) in [4.78, 5) is 57.9. The van der Waals surface area contributed by atoms with Crippen LogP contribution in [-0.4, -0.2) is 61.5 Å². The first-order chi connectivity index (χ1) is 12.2. The lowest BCUT2D eigenvalue weighted by molar-refractivity contribution is -0.141. The van der Waals surface area contributed by atoms with Gasteiger partial charge in [-0.2, -0.15) is 0 Å². The molecule has 4 N–H and O–H groups in total. The maximum Gasteiger partial charge on any atom is 0.309 e. The molecule has 0 aromatic rings. The van der Waals surface area contributed by atoms with Crippen molar-refractivity contribution in [2.75, 3.05) is 7.05 Å². The predicted molar refractivity (Wildman–Crippen MR) is 92.1 cm³/mol. The van der Waals surface area contributed by atoms with E-state index >= 15 is 0 Å². The van der Waals surface area contributed by atoms with Gasteiger partial charge in [-0.25, -0.2) is 0 Å². The normalized spacial score (nSPS) is 16.8. The molecule has 0 spiro atoms. The minimum absolute atomic E-state index is 0.191. The molecule has 3 amide bonds. The summed E-state index contributed by atoms with van der Waals surface area (Å²) < 4.78 is 0. The second-order valence-corrected chi connectivity index (χ2v) is 6.41. The molecule has 0 heterocycles. The molecule has 0 unspecified atom stereocenters. The summed E-state index contributed by atoms with van der Waals surface area (Å²) in [6.07, 6.45) is 4.58. The highest BCUT2D eigenvalue weighted by Crippen LogP contribution is 2.27. The van der Waals surface area contributed by atoms with Crippen molar-refractivity contribution in [2.45, 2.75) is 57.0 Å². The minimum atomic E-state index is -1.40. The molecule has 26 heavy (non-hydrogen) atoms. The number of nitrogens with one attached hydrogen (secondary N) is 3. The van der Waals surface area contributed by atoms with Crippen LogP contribution >= 0.6 is 0 Å². The van der Waals surface area contributed by atoms with Crippen LogP contribution in [0.5, 0.6) is 0 Å². The van der Waals surface area contributed by atoms with Gasteiger partial charge in [0, 0.05) is 7.05 Å². The van der Waals surface area contributed by atoms with E-state index in [0.29, 0.717) is 6.42 Å². The molecule has 0 aromatic carbocycles. The van der Waals surface area contributed by atoms with Crippen LogP contribution in [0.1, 0.15) is 44.9 Å². The highest BCUT2D eigenvalue weighted by atomic mass is 16.4. The molecule has 1 saturated carbocycles. The largest absolute Gasteiger partial charge is 0.481 e. The molecule has 9 nitrogen and oxygen atoms in total. The fourth-order valence-corrected chi connectivity index (χ4v) is 2.99. The predicted octanol–water partition coefficient (Wildman–Crippen LogP) is -1.16. The Hall–Kier alpha value is -2.39. The zero-order valence-corrected chi connectivity index (χ0v) is 14.7. The fourth-order valence-electron chi connectivity index (χ4n) is 2.99. The van der Waals surface area contributed by atoms with Gasteiger partial charge < -0.3 is 25.9 Å². The van der Waals surface area contributed by atoms with Crippen LogP contribution < -0.4 is 16.0 Å². The van der Waals surface area contributed by atoms with Crippen LogP contribution in [0.3, 0.4) is 0 Å². The topological polar surface area (TPSA) is 142 Å². The summed E-state index contributed by atoms with van der Waals surface area (Å²) in [7, 11) is 6.41. The first-order valence-electron chi connectivity index (χ1n) is 8.58. The Balaban J connectivity index is 2.84. The van der Waals surface area contributed by atoms with Gasteiger partial charge in [-0.05, 0) is 12.3 Å². The SMILES string of the molecule is [B]C(=O)[C@H](CC(=O)O)NC(=O)[C@H](CC1CCCCC1)NC(=O)C(=O)NC. The summed E-state index contributed by atoms with van der Waals surface area (Å²) in [6, 6.07) is -2.45. The number of hydrogen-bond acceptors (Lipinski definition) is 5. The van der Waals surface area contributed by atoms with Crippen LogP contribution in [0.4, 0.5) is 0 Å². The average Bonchev–Trinajstić information content (AvgIpc) is 2.60. The van der Waals surface area contributed by atoms with Crippen LogP contribution in [-0.2, 0) is 24.0 Å². The standard InChI is InChI=1S/C16H24BN3O6/c1-18-15(25)16(26)20-11(7-9-5-3-2-4-6-9)14(24)19-10(13(17)23)8-12(21)22/h9-11H,2-8H2,1H3,(H,18,25)(H,19,24)(H,20,26)(H,21,22)/t10-,11-/m0/s1. The first kappa shape index (κ1) is 21.7. The Labute approximate surface area is 153 Å². The number of hydrogen-bond donors (Lipinski definition) is 4. The van der Waals surface area contributed by atoms with Gasteiger partial charge in [-0.15, -0.1) is 0 Å². The quantitative estimate of drug-likeness (QED) is 0.316. The second kappa shape index (κ2) is 10.6. The fraction of sp³-hybridized carbons (Fsp3) is 0.688. The van der Waals surface area contributed by atoms with Crippen molar-refractivity contribution >= 4 is 37.2 Å². The van der Waals surface area contributed by atoms with E-state index in [-0.39, 0.29) is 5.92 Å². The van der Waals surface area contributed by atoms with Crippen LogP contribution in [0.25, 0.3) is 0 Å². The lowest BCUT2D eigenvalue weighted by Crippen LogP contribution is -2.54. The van der Waals surface area contributed by atoms with Gasteiger partial charge in [0.1, 0.15) is 6.04 Å². The third kappa shape index (κ3) is 7.24. The summed E-state index contributed by atoms with van der Waals surface area (Å²) >= 11 is 0. The van der Waals surface area contributed by atoms with Crippen molar-refractivity contribution in [3.63, 3.8) is 0 Å². The van der Waals surface area contributed by atoms with Crippen molar-refractivity contribution in [2.24, 2.45) is 5.92 Å². The van der Waals surface area contributed by atoms with E-state index in [4.69, 9.17) is 13.0 Å². The molecule has 0 bridgehead atoms. The molecule has 1 rings (SSSR count). The Kier molecular flexibility index (Phi) is 8.81. The number of carbonyl (C=O) groups excluding carboxylic acids is 4. The number of aliphatic carboxylic acids is 1. The monoisotopic (exact) mass is 365 g/mol. The average molecular weight is 365 g/mol. The van der Waals surface area contributed by atoms with E-state index in [0.717, 1.165) is 32.1 Å². The Morgan fingerprint density at radius 1 is 1.00 bits per heavy atom. The Bertz CT molecular complexity index is 562. The summed E-state index contributed by atoms with van der Waals surface area (Å²) in [5, 5.41) is 15.6. The smallest absolute Gasteiger partial charge is 0.309 e. The number of carbonyl (C=O) groups is 5. The van der Waals surface area contributed by atoms with Gasteiger partial charge >= 0.3 is 17.8 Å².